The van der Waals surface area contributed by atoms with E-state index in [0.29, 0.717) is 12.8 Å². The van der Waals surface area contributed by atoms with Crippen LogP contribution in [0.4, 0.5) is 0 Å². The summed E-state index contributed by atoms with van der Waals surface area (Å²) in [6, 6.07) is 15.9. The fraction of sp³-hybridized carbons (Fsp3) is 0.381. The number of carbonyl (C=O) groups is 1. The summed E-state index contributed by atoms with van der Waals surface area (Å²) < 4.78 is 25.3. The minimum atomic E-state index is -3.75. The van der Waals surface area contributed by atoms with E-state index in [1.54, 1.807) is 30.3 Å². The summed E-state index contributed by atoms with van der Waals surface area (Å²) in [5.74, 6) is -0.380. The van der Waals surface area contributed by atoms with E-state index in [4.69, 9.17) is 0 Å². The van der Waals surface area contributed by atoms with Gasteiger partial charge in [0, 0.05) is 0 Å². The molecule has 1 aliphatic carbocycles. The highest BCUT2D eigenvalue weighted by molar-refractivity contribution is 7.93. The van der Waals surface area contributed by atoms with Crippen molar-refractivity contribution >= 4 is 15.7 Å². The Balaban J connectivity index is 1.93. The minimum absolute atomic E-state index is 0.223. The van der Waals surface area contributed by atoms with Gasteiger partial charge in [-0.3, -0.25) is 4.79 Å². The van der Waals surface area contributed by atoms with Crippen molar-refractivity contribution in [3.05, 3.63) is 65.7 Å². The molecule has 1 N–H and O–H groups in total. The van der Waals surface area contributed by atoms with Crippen LogP contribution in [0.5, 0.6) is 0 Å². The van der Waals surface area contributed by atoms with Gasteiger partial charge in [0.25, 0.3) is 0 Å². The van der Waals surface area contributed by atoms with Gasteiger partial charge in [0.05, 0.1) is 10.9 Å². The summed E-state index contributed by atoms with van der Waals surface area (Å²) in [5, 5.41) is 2.98. The quantitative estimate of drug-likeness (QED) is 0.865. The molecule has 3 rings (SSSR count). The molecule has 2 aromatic carbocycles. The highest BCUT2D eigenvalue weighted by Gasteiger charge is 2.53. The fourth-order valence-corrected chi connectivity index (χ4v) is 5.96. The molecule has 1 aliphatic rings. The van der Waals surface area contributed by atoms with E-state index >= 15 is 0 Å². The largest absolute Gasteiger partial charge is 0.348 e. The molecule has 0 radical (unpaired) electrons. The predicted octanol–water partition coefficient (Wildman–Crippen LogP) is 3.96. The first-order chi connectivity index (χ1) is 12.4. The van der Waals surface area contributed by atoms with Gasteiger partial charge in [-0.05, 0) is 49.9 Å². The number of nitrogens with one attached hydrogen (secondary N) is 1. The average molecular weight is 372 g/mol. The summed E-state index contributed by atoms with van der Waals surface area (Å²) in [6.45, 7) is 3.89. The minimum Gasteiger partial charge on any atom is -0.348 e. The normalized spacial score (nSPS) is 17.6. The summed E-state index contributed by atoms with van der Waals surface area (Å²) in [4.78, 5) is 13.4. The molecule has 4 nitrogen and oxygen atoms in total. The molecule has 1 atom stereocenters. The Kier molecular flexibility index (Phi) is 5.19. The lowest BCUT2D eigenvalue weighted by atomic mass is 10.0. The molecule has 0 saturated heterocycles. The van der Waals surface area contributed by atoms with Crippen LogP contribution in [0.2, 0.25) is 0 Å². The van der Waals surface area contributed by atoms with Crippen LogP contribution in [0.1, 0.15) is 49.8 Å². The Morgan fingerprint density at radius 3 is 2.19 bits per heavy atom. The van der Waals surface area contributed by atoms with Gasteiger partial charge < -0.3 is 5.32 Å². The van der Waals surface area contributed by atoms with Crippen LogP contribution in [0.25, 0.3) is 0 Å². The Morgan fingerprint density at radius 1 is 1.00 bits per heavy atom. The molecular formula is C21H25NO3S. The van der Waals surface area contributed by atoms with Crippen molar-refractivity contribution < 1.29 is 13.2 Å². The number of benzene rings is 2. The van der Waals surface area contributed by atoms with Crippen molar-refractivity contribution in [2.75, 3.05) is 0 Å². The van der Waals surface area contributed by atoms with Gasteiger partial charge in [0.1, 0.15) is 0 Å². The van der Waals surface area contributed by atoms with Crippen LogP contribution in [-0.2, 0) is 14.6 Å². The second-order valence-electron chi connectivity index (χ2n) is 7.07. The van der Waals surface area contributed by atoms with Crippen LogP contribution < -0.4 is 5.32 Å². The number of sulfone groups is 1. The van der Waals surface area contributed by atoms with E-state index < -0.39 is 14.6 Å². The summed E-state index contributed by atoms with van der Waals surface area (Å²) in [5.41, 5.74) is 2.08. The van der Waals surface area contributed by atoms with E-state index in [-0.39, 0.29) is 16.8 Å². The molecule has 0 aliphatic heterocycles. The molecule has 138 valence electrons. The molecule has 1 fully saturated rings. The van der Waals surface area contributed by atoms with Gasteiger partial charge in [0.15, 0.2) is 14.6 Å². The molecule has 26 heavy (non-hydrogen) atoms. The molecule has 1 saturated carbocycles. The molecule has 2 aromatic rings. The molecule has 0 bridgehead atoms. The zero-order valence-corrected chi connectivity index (χ0v) is 16.1. The molecule has 0 heterocycles. The molecule has 0 spiro atoms. The summed E-state index contributed by atoms with van der Waals surface area (Å²) in [6.07, 6.45) is 2.24. The number of aryl methyl sites for hydroxylation is 1. The maximum absolute atomic E-state index is 13.3. The maximum atomic E-state index is 13.3. The highest BCUT2D eigenvalue weighted by Crippen LogP contribution is 2.41. The Morgan fingerprint density at radius 2 is 1.58 bits per heavy atom. The number of hydrogen-bond acceptors (Lipinski definition) is 3. The van der Waals surface area contributed by atoms with Crippen molar-refractivity contribution in [1.29, 1.82) is 0 Å². The average Bonchev–Trinajstić information content (AvgIpc) is 3.14. The first kappa shape index (κ1) is 18.6. The van der Waals surface area contributed by atoms with Crippen LogP contribution in [0.15, 0.2) is 59.5 Å². The smallest absolute Gasteiger partial charge is 0.242 e. The van der Waals surface area contributed by atoms with Crippen molar-refractivity contribution in [1.82, 2.24) is 5.32 Å². The lowest BCUT2D eigenvalue weighted by molar-refractivity contribution is -0.124. The fourth-order valence-electron chi connectivity index (χ4n) is 3.87. The van der Waals surface area contributed by atoms with Crippen LogP contribution >= 0.6 is 0 Å². The summed E-state index contributed by atoms with van der Waals surface area (Å²) in [7, 11) is -3.75. The van der Waals surface area contributed by atoms with Gasteiger partial charge in [-0.15, -0.1) is 0 Å². The first-order valence-electron chi connectivity index (χ1n) is 9.05. The van der Waals surface area contributed by atoms with E-state index in [9.17, 15) is 13.2 Å². The summed E-state index contributed by atoms with van der Waals surface area (Å²) >= 11 is 0. The lowest BCUT2D eigenvalue weighted by Crippen LogP contribution is -2.51. The Hall–Kier alpha value is -2.14. The Labute approximate surface area is 155 Å². The lowest BCUT2D eigenvalue weighted by Gasteiger charge is -2.29. The van der Waals surface area contributed by atoms with E-state index in [1.165, 1.54) is 0 Å². The van der Waals surface area contributed by atoms with E-state index in [2.05, 4.69) is 5.32 Å². The molecule has 1 amide bonds. The first-order valence-corrected chi connectivity index (χ1v) is 10.5. The zero-order chi connectivity index (χ0) is 18.8. The van der Waals surface area contributed by atoms with Gasteiger partial charge in [-0.1, -0.05) is 55.3 Å². The number of carbonyl (C=O) groups excluding carboxylic acids is 1. The van der Waals surface area contributed by atoms with Crippen molar-refractivity contribution in [2.24, 2.45) is 0 Å². The molecule has 0 aromatic heterocycles. The number of amides is 1. The molecule has 5 heteroatoms. The van der Waals surface area contributed by atoms with Gasteiger partial charge in [0.2, 0.25) is 5.91 Å². The van der Waals surface area contributed by atoms with Crippen molar-refractivity contribution in [3.8, 4) is 0 Å². The third-order valence-corrected chi connectivity index (χ3v) is 7.91. The number of hydrogen-bond donors (Lipinski definition) is 1. The molecule has 1 unspecified atom stereocenters. The maximum Gasteiger partial charge on any atom is 0.242 e. The van der Waals surface area contributed by atoms with Crippen LogP contribution in [0, 0.1) is 6.92 Å². The molecular weight excluding hydrogens is 346 g/mol. The monoisotopic (exact) mass is 371 g/mol. The van der Waals surface area contributed by atoms with E-state index in [0.717, 1.165) is 24.0 Å². The standard InChI is InChI=1S/C21H25NO3S/c1-16-10-6-7-13-19(16)17(2)22-20(23)21(14-8-9-15-21)26(24,25)18-11-4-3-5-12-18/h3-7,10-13,17H,8-9,14-15H2,1-2H3,(H,22,23). The second kappa shape index (κ2) is 7.23. The van der Waals surface area contributed by atoms with Crippen LogP contribution in [-0.4, -0.2) is 19.1 Å². The van der Waals surface area contributed by atoms with E-state index in [1.807, 2.05) is 38.1 Å². The van der Waals surface area contributed by atoms with Gasteiger partial charge in [-0.2, -0.15) is 0 Å². The predicted molar refractivity (Wildman–Crippen MR) is 103 cm³/mol. The van der Waals surface area contributed by atoms with Gasteiger partial charge in [-0.25, -0.2) is 8.42 Å². The third-order valence-electron chi connectivity index (χ3n) is 5.40. The highest BCUT2D eigenvalue weighted by atomic mass is 32.2. The number of rotatable bonds is 5. The van der Waals surface area contributed by atoms with Crippen molar-refractivity contribution in [3.63, 3.8) is 0 Å². The third kappa shape index (κ3) is 3.16. The SMILES string of the molecule is Cc1ccccc1C(C)NC(=O)C1(S(=O)(=O)c2ccccc2)CCCC1. The van der Waals surface area contributed by atoms with Crippen molar-refractivity contribution in [2.45, 2.75) is 55.2 Å². The second-order valence-corrected chi connectivity index (χ2v) is 9.33. The van der Waals surface area contributed by atoms with Gasteiger partial charge >= 0.3 is 0 Å². The van der Waals surface area contributed by atoms with Crippen LogP contribution in [0.3, 0.4) is 0 Å². The Bertz CT molecular complexity index is 884. The zero-order valence-electron chi connectivity index (χ0n) is 15.2. The topological polar surface area (TPSA) is 63.2 Å².